The van der Waals surface area contributed by atoms with Gasteiger partial charge in [-0.2, -0.15) is 5.10 Å². The highest BCUT2D eigenvalue weighted by atomic mass is 16.5. The summed E-state index contributed by atoms with van der Waals surface area (Å²) >= 11 is 0. The molecule has 198 valence electrons. The minimum Gasteiger partial charge on any atom is -0.485 e. The van der Waals surface area contributed by atoms with Gasteiger partial charge in [0, 0.05) is 30.4 Å². The number of benzene rings is 2. The number of hydrogen-bond donors (Lipinski definition) is 1. The Morgan fingerprint density at radius 1 is 1.16 bits per heavy atom. The van der Waals surface area contributed by atoms with Crippen molar-refractivity contribution in [2.75, 3.05) is 13.2 Å². The maximum atomic E-state index is 11.9. The van der Waals surface area contributed by atoms with Gasteiger partial charge in [0.05, 0.1) is 12.2 Å². The van der Waals surface area contributed by atoms with Gasteiger partial charge < -0.3 is 10.1 Å². The molecule has 0 unspecified atom stereocenters. The van der Waals surface area contributed by atoms with E-state index in [0.717, 1.165) is 17.7 Å². The summed E-state index contributed by atoms with van der Waals surface area (Å²) < 4.78 is 7.39. The molecule has 2 aromatic carbocycles. The predicted octanol–water partition coefficient (Wildman–Crippen LogP) is 5.71. The Balaban J connectivity index is 0.000000427. The van der Waals surface area contributed by atoms with Crippen LogP contribution >= 0.6 is 0 Å². The van der Waals surface area contributed by atoms with Crippen LogP contribution in [0.25, 0.3) is 5.57 Å². The molecule has 4 rings (SSSR count). The fourth-order valence-corrected chi connectivity index (χ4v) is 3.75. The van der Waals surface area contributed by atoms with E-state index in [2.05, 4.69) is 60.1 Å². The first-order valence-corrected chi connectivity index (χ1v) is 12.8. The molecular weight excluding hydrogens is 476 g/mol. The zero-order valence-corrected chi connectivity index (χ0v) is 22.7. The number of hydrogen-bond acceptors (Lipinski definition) is 5. The van der Waals surface area contributed by atoms with Gasteiger partial charge >= 0.3 is 0 Å². The minimum absolute atomic E-state index is 0.0589. The fraction of sp³-hybridized carbons (Fsp3) is 0.290. The third-order valence-electron chi connectivity index (χ3n) is 6.11. The number of ether oxygens (including phenoxy) is 1. The highest BCUT2D eigenvalue weighted by Gasteiger charge is 2.19. The molecule has 1 aliphatic heterocycles. The highest BCUT2D eigenvalue weighted by molar-refractivity contribution is 6.01. The minimum atomic E-state index is -0.125. The number of amides is 1. The second-order valence-corrected chi connectivity index (χ2v) is 9.11. The fourth-order valence-electron chi connectivity index (χ4n) is 3.75. The molecule has 0 saturated carbocycles. The molecule has 0 radical (unpaired) electrons. The number of Topliss-reactive ketones (excluding diaryl/α,β-unsaturated/α-hetero) is 1. The Hall–Kier alpha value is -4.26. The molecule has 0 saturated heterocycles. The second-order valence-electron chi connectivity index (χ2n) is 9.11. The summed E-state index contributed by atoms with van der Waals surface area (Å²) in [6.45, 7) is 13.4. The lowest BCUT2D eigenvalue weighted by atomic mass is 10.1. The lowest BCUT2D eigenvalue weighted by Crippen LogP contribution is -2.35. The lowest BCUT2D eigenvalue weighted by Gasteiger charge is -2.13. The van der Waals surface area contributed by atoms with E-state index in [9.17, 15) is 9.59 Å². The molecular formula is C31H36N4O3. The molecule has 1 amide bonds. The topological polar surface area (TPSA) is 85.6 Å². The summed E-state index contributed by atoms with van der Waals surface area (Å²) in [7, 11) is 0. The van der Waals surface area contributed by atoms with E-state index in [0.29, 0.717) is 42.2 Å². The maximum absolute atomic E-state index is 11.9. The number of ketones is 1. The standard InChI is InChI=1S/C23H26N4O3.C8H10/c1-4-7-18(28)15-30-22-9-6-5-8-19(22)17(3)24-11-10-16(2)20-14-21-23(29)25-12-13-27(21)26-20;1-7-5-3-4-6-8(7)2/h5-6,8-11,14H,2,4,7,12-13,15H2,1,3H3,(H,25,29);3-6H,1-2H3/b11-10-,24-17?;. The molecule has 0 spiro atoms. The van der Waals surface area contributed by atoms with Crippen LogP contribution in [-0.2, 0) is 11.3 Å². The molecule has 7 heteroatoms. The van der Waals surface area contributed by atoms with Gasteiger partial charge in [0.2, 0.25) is 0 Å². The summed E-state index contributed by atoms with van der Waals surface area (Å²) in [5.74, 6) is 0.581. The number of carbonyl (C=O) groups is 2. The van der Waals surface area contributed by atoms with E-state index in [4.69, 9.17) is 4.74 Å². The van der Waals surface area contributed by atoms with E-state index in [1.54, 1.807) is 23.0 Å². The monoisotopic (exact) mass is 512 g/mol. The van der Waals surface area contributed by atoms with Crippen LogP contribution < -0.4 is 10.1 Å². The largest absolute Gasteiger partial charge is 0.485 e. The number of allylic oxidation sites excluding steroid dienone is 2. The number of nitrogens with zero attached hydrogens (tertiary/aromatic N) is 3. The van der Waals surface area contributed by atoms with Crippen LogP contribution in [0.2, 0.25) is 0 Å². The van der Waals surface area contributed by atoms with Crippen molar-refractivity contribution in [1.29, 1.82) is 0 Å². The lowest BCUT2D eigenvalue weighted by molar-refractivity contribution is -0.121. The van der Waals surface area contributed by atoms with E-state index in [1.165, 1.54) is 11.1 Å². The van der Waals surface area contributed by atoms with Gasteiger partial charge in [-0.1, -0.05) is 49.9 Å². The van der Waals surface area contributed by atoms with E-state index in [1.807, 2.05) is 38.1 Å². The first kappa shape index (κ1) is 28.3. The maximum Gasteiger partial charge on any atom is 0.269 e. The molecule has 0 aliphatic carbocycles. The first-order chi connectivity index (χ1) is 18.3. The van der Waals surface area contributed by atoms with Gasteiger partial charge in [-0.3, -0.25) is 19.3 Å². The van der Waals surface area contributed by atoms with Crippen molar-refractivity contribution in [3.63, 3.8) is 0 Å². The summed E-state index contributed by atoms with van der Waals surface area (Å²) in [6, 6.07) is 17.6. The number of aryl methyl sites for hydroxylation is 2. The van der Waals surface area contributed by atoms with Crippen LogP contribution in [0.3, 0.4) is 0 Å². The van der Waals surface area contributed by atoms with Crippen molar-refractivity contribution in [3.8, 4) is 5.75 Å². The first-order valence-electron chi connectivity index (χ1n) is 12.8. The summed E-state index contributed by atoms with van der Waals surface area (Å²) in [6.07, 6.45) is 4.72. The number of carbonyl (C=O) groups excluding carboxylic acids is 2. The van der Waals surface area contributed by atoms with Crippen molar-refractivity contribution in [3.05, 3.63) is 102 Å². The molecule has 2 heterocycles. The number of rotatable bonds is 9. The molecule has 7 nitrogen and oxygen atoms in total. The Bertz CT molecular complexity index is 1330. The summed E-state index contributed by atoms with van der Waals surface area (Å²) in [5, 5.41) is 7.23. The Morgan fingerprint density at radius 2 is 1.84 bits per heavy atom. The zero-order valence-electron chi connectivity index (χ0n) is 22.7. The zero-order chi connectivity index (χ0) is 27.5. The summed E-state index contributed by atoms with van der Waals surface area (Å²) in [4.78, 5) is 28.1. The average molecular weight is 513 g/mol. The third-order valence-corrected chi connectivity index (χ3v) is 6.11. The van der Waals surface area contributed by atoms with Crippen LogP contribution in [0.4, 0.5) is 0 Å². The van der Waals surface area contributed by atoms with E-state index in [-0.39, 0.29) is 18.3 Å². The van der Waals surface area contributed by atoms with Crippen molar-refractivity contribution < 1.29 is 14.3 Å². The van der Waals surface area contributed by atoms with Crippen LogP contribution in [-0.4, -0.2) is 40.3 Å². The normalized spacial score (nSPS) is 12.8. The van der Waals surface area contributed by atoms with Crippen LogP contribution in [0, 0.1) is 13.8 Å². The van der Waals surface area contributed by atoms with Crippen LogP contribution in [0.1, 0.15) is 59.6 Å². The Kier molecular flexibility index (Phi) is 10.3. The van der Waals surface area contributed by atoms with Crippen LogP contribution in [0.15, 0.2) is 78.4 Å². The number of para-hydroxylation sites is 1. The second kappa shape index (κ2) is 13.9. The smallest absolute Gasteiger partial charge is 0.269 e. The number of nitrogens with one attached hydrogen (secondary N) is 1. The van der Waals surface area contributed by atoms with E-state index >= 15 is 0 Å². The van der Waals surface area contributed by atoms with Crippen molar-refractivity contribution in [1.82, 2.24) is 15.1 Å². The van der Waals surface area contributed by atoms with Gasteiger partial charge in [0.15, 0.2) is 5.78 Å². The van der Waals surface area contributed by atoms with Gasteiger partial charge in [-0.05, 0) is 68.2 Å². The number of fused-ring (bicyclic) bond motifs is 1. The Morgan fingerprint density at radius 3 is 2.50 bits per heavy atom. The van der Waals surface area contributed by atoms with Gasteiger partial charge in [0.25, 0.3) is 5.91 Å². The SMILES string of the molecule is C=C(/C=C\N=C(C)c1ccccc1OCC(=O)CCC)c1cc2n(n1)CCNC2=O.Cc1ccccc1C. The molecule has 0 bridgehead atoms. The summed E-state index contributed by atoms with van der Waals surface area (Å²) in [5.41, 5.74) is 6.15. The van der Waals surface area contributed by atoms with Crippen LogP contribution in [0.5, 0.6) is 5.75 Å². The highest BCUT2D eigenvalue weighted by Crippen LogP contribution is 2.20. The predicted molar refractivity (Wildman–Crippen MR) is 153 cm³/mol. The Labute approximate surface area is 224 Å². The number of aromatic nitrogens is 2. The third kappa shape index (κ3) is 7.87. The van der Waals surface area contributed by atoms with Gasteiger partial charge in [0.1, 0.15) is 18.1 Å². The quantitative estimate of drug-likeness (QED) is 0.294. The van der Waals surface area contributed by atoms with Gasteiger partial charge in [-0.15, -0.1) is 0 Å². The average Bonchev–Trinajstić information content (AvgIpc) is 3.36. The van der Waals surface area contributed by atoms with Crippen molar-refractivity contribution >= 4 is 23.0 Å². The molecule has 3 aromatic rings. The molecule has 0 atom stereocenters. The molecule has 38 heavy (non-hydrogen) atoms. The van der Waals surface area contributed by atoms with Gasteiger partial charge in [-0.25, -0.2) is 0 Å². The number of aliphatic imine (C=N–C) groups is 1. The van der Waals surface area contributed by atoms with E-state index < -0.39 is 0 Å². The van der Waals surface area contributed by atoms with Crippen molar-refractivity contribution in [2.24, 2.45) is 4.99 Å². The molecule has 0 fully saturated rings. The molecule has 1 aromatic heterocycles. The molecule has 1 N–H and O–H groups in total. The van der Waals surface area contributed by atoms with Crippen molar-refractivity contribution in [2.45, 2.75) is 47.1 Å². The molecule has 1 aliphatic rings.